The average molecular weight is 287 g/mol. The highest BCUT2D eigenvalue weighted by Gasteiger charge is 2.04. The van der Waals surface area contributed by atoms with Crippen molar-refractivity contribution in [2.24, 2.45) is 0 Å². The van der Waals surface area contributed by atoms with Crippen molar-refractivity contribution in [3.8, 4) is 12.3 Å². The molecule has 0 spiro atoms. The van der Waals surface area contributed by atoms with Crippen LogP contribution in [0.25, 0.3) is 0 Å². The van der Waals surface area contributed by atoms with E-state index in [1.54, 1.807) is 12.4 Å². The lowest BCUT2D eigenvalue weighted by Gasteiger charge is -2.16. The van der Waals surface area contributed by atoms with E-state index in [0.29, 0.717) is 12.5 Å². The molecule has 0 radical (unpaired) electrons. The zero-order valence-electron chi connectivity index (χ0n) is 7.37. The maximum absolute atomic E-state index is 5.22. The molecule has 0 aliphatic heterocycles. The molecule has 0 N–H and O–H groups in total. The fourth-order valence-corrected chi connectivity index (χ4v) is 1.18. The van der Waals surface area contributed by atoms with E-state index in [-0.39, 0.29) is 0 Å². The summed E-state index contributed by atoms with van der Waals surface area (Å²) in [4.78, 5) is 10.3. The molecule has 13 heavy (non-hydrogen) atoms. The summed E-state index contributed by atoms with van der Waals surface area (Å²) in [5.41, 5.74) is 0. The molecule has 0 aromatic carbocycles. The SMILES string of the molecule is C#CCN(CC)c1ncc(I)cn1. The van der Waals surface area contributed by atoms with Crippen molar-refractivity contribution >= 4 is 28.5 Å². The highest BCUT2D eigenvalue weighted by molar-refractivity contribution is 14.1. The first-order valence-corrected chi connectivity index (χ1v) is 5.01. The van der Waals surface area contributed by atoms with E-state index >= 15 is 0 Å². The molecule has 0 amide bonds. The van der Waals surface area contributed by atoms with Crippen LogP contribution in [0.4, 0.5) is 5.95 Å². The summed E-state index contributed by atoms with van der Waals surface area (Å²) in [6.45, 7) is 3.40. The Morgan fingerprint density at radius 2 is 2.15 bits per heavy atom. The van der Waals surface area contributed by atoms with Crippen LogP contribution >= 0.6 is 22.6 Å². The van der Waals surface area contributed by atoms with Crippen molar-refractivity contribution in [3.63, 3.8) is 0 Å². The molecule has 1 rings (SSSR count). The van der Waals surface area contributed by atoms with E-state index < -0.39 is 0 Å². The van der Waals surface area contributed by atoms with Gasteiger partial charge in [0.05, 0.1) is 6.54 Å². The summed E-state index contributed by atoms with van der Waals surface area (Å²) in [5, 5.41) is 0. The quantitative estimate of drug-likeness (QED) is 0.624. The number of halogens is 1. The van der Waals surface area contributed by atoms with Crippen LogP contribution in [0.1, 0.15) is 6.92 Å². The van der Waals surface area contributed by atoms with E-state index in [0.717, 1.165) is 10.1 Å². The average Bonchev–Trinajstić information content (AvgIpc) is 2.16. The van der Waals surface area contributed by atoms with Crippen LogP contribution in [0.2, 0.25) is 0 Å². The van der Waals surface area contributed by atoms with Gasteiger partial charge in [0.2, 0.25) is 5.95 Å². The third kappa shape index (κ3) is 2.84. The van der Waals surface area contributed by atoms with Crippen LogP contribution in [0, 0.1) is 15.9 Å². The van der Waals surface area contributed by atoms with Crippen LogP contribution in [0.3, 0.4) is 0 Å². The fourth-order valence-electron chi connectivity index (χ4n) is 0.903. The number of hydrogen-bond acceptors (Lipinski definition) is 3. The number of rotatable bonds is 3. The lowest BCUT2D eigenvalue weighted by molar-refractivity contribution is 0.860. The van der Waals surface area contributed by atoms with Crippen LogP contribution in [-0.4, -0.2) is 23.1 Å². The Balaban J connectivity index is 2.80. The van der Waals surface area contributed by atoms with E-state index in [2.05, 4.69) is 38.5 Å². The Labute approximate surface area is 91.7 Å². The first-order chi connectivity index (χ1) is 6.27. The Morgan fingerprint density at radius 3 is 2.62 bits per heavy atom. The molecule has 0 aliphatic carbocycles. The topological polar surface area (TPSA) is 29.0 Å². The first-order valence-electron chi connectivity index (χ1n) is 3.94. The molecule has 4 heteroatoms. The zero-order valence-corrected chi connectivity index (χ0v) is 9.52. The minimum atomic E-state index is 0.553. The van der Waals surface area contributed by atoms with Gasteiger partial charge in [-0.3, -0.25) is 0 Å². The van der Waals surface area contributed by atoms with E-state index in [9.17, 15) is 0 Å². The monoisotopic (exact) mass is 287 g/mol. The molecule has 68 valence electrons. The van der Waals surface area contributed by atoms with E-state index in [1.807, 2.05) is 11.8 Å². The molecular formula is C9H10IN3. The van der Waals surface area contributed by atoms with Crippen molar-refractivity contribution in [3.05, 3.63) is 16.0 Å². The molecular weight excluding hydrogens is 277 g/mol. The lowest BCUT2D eigenvalue weighted by atomic mass is 10.5. The summed E-state index contributed by atoms with van der Waals surface area (Å²) >= 11 is 2.17. The maximum atomic E-state index is 5.22. The van der Waals surface area contributed by atoms with Gasteiger partial charge in [-0.1, -0.05) is 5.92 Å². The predicted molar refractivity (Wildman–Crippen MR) is 61.5 cm³/mol. The Bertz CT molecular complexity index is 302. The predicted octanol–water partition coefficient (Wildman–Crippen LogP) is 1.54. The van der Waals surface area contributed by atoms with Gasteiger partial charge in [0.1, 0.15) is 0 Å². The molecule has 3 nitrogen and oxygen atoms in total. The Morgan fingerprint density at radius 1 is 1.54 bits per heavy atom. The molecule has 0 saturated carbocycles. The summed E-state index contributed by atoms with van der Waals surface area (Å²) < 4.78 is 1.03. The molecule has 0 unspecified atom stereocenters. The van der Waals surface area contributed by atoms with Crippen molar-refractivity contribution in [2.45, 2.75) is 6.92 Å². The number of terminal acetylenes is 1. The Kier molecular flexibility index (Phi) is 3.96. The summed E-state index contributed by atoms with van der Waals surface area (Å²) in [6, 6.07) is 0. The highest BCUT2D eigenvalue weighted by Crippen LogP contribution is 2.07. The van der Waals surface area contributed by atoms with E-state index in [1.165, 1.54) is 0 Å². The van der Waals surface area contributed by atoms with Gasteiger partial charge in [0.25, 0.3) is 0 Å². The van der Waals surface area contributed by atoms with Crippen molar-refractivity contribution in [2.75, 3.05) is 18.0 Å². The molecule has 1 aromatic heterocycles. The van der Waals surface area contributed by atoms with Gasteiger partial charge >= 0.3 is 0 Å². The second-order valence-electron chi connectivity index (χ2n) is 2.42. The highest BCUT2D eigenvalue weighted by atomic mass is 127. The first kappa shape index (κ1) is 10.3. The van der Waals surface area contributed by atoms with Crippen LogP contribution in [0.15, 0.2) is 12.4 Å². The fraction of sp³-hybridized carbons (Fsp3) is 0.333. The lowest BCUT2D eigenvalue weighted by Crippen LogP contribution is -2.24. The van der Waals surface area contributed by atoms with Gasteiger partial charge in [-0.25, -0.2) is 9.97 Å². The molecule has 1 aromatic rings. The number of anilines is 1. The van der Waals surface area contributed by atoms with Gasteiger partial charge in [-0.05, 0) is 29.5 Å². The van der Waals surface area contributed by atoms with Gasteiger partial charge < -0.3 is 4.90 Å². The summed E-state index contributed by atoms with van der Waals surface area (Å²) in [7, 11) is 0. The second-order valence-corrected chi connectivity index (χ2v) is 3.67. The van der Waals surface area contributed by atoms with Gasteiger partial charge in [0.15, 0.2) is 0 Å². The van der Waals surface area contributed by atoms with Crippen molar-refractivity contribution in [1.82, 2.24) is 9.97 Å². The third-order valence-electron chi connectivity index (χ3n) is 1.55. The third-order valence-corrected chi connectivity index (χ3v) is 2.11. The van der Waals surface area contributed by atoms with Crippen molar-refractivity contribution < 1.29 is 0 Å². The number of nitrogens with zero attached hydrogens (tertiary/aromatic N) is 3. The molecule has 0 bridgehead atoms. The van der Waals surface area contributed by atoms with Gasteiger partial charge in [-0.2, -0.15) is 0 Å². The standard InChI is InChI=1S/C9H10IN3/c1-3-5-13(4-2)9-11-6-8(10)7-12-9/h1,6-7H,4-5H2,2H3. The van der Waals surface area contributed by atoms with Gasteiger partial charge in [-0.15, -0.1) is 6.42 Å². The van der Waals surface area contributed by atoms with Crippen LogP contribution in [0.5, 0.6) is 0 Å². The smallest absolute Gasteiger partial charge is 0.226 e. The molecule has 0 fully saturated rings. The maximum Gasteiger partial charge on any atom is 0.226 e. The summed E-state index contributed by atoms with van der Waals surface area (Å²) in [5.74, 6) is 3.27. The number of hydrogen-bond donors (Lipinski definition) is 0. The van der Waals surface area contributed by atoms with Gasteiger partial charge in [0, 0.05) is 22.5 Å². The minimum absolute atomic E-state index is 0.553. The van der Waals surface area contributed by atoms with E-state index in [4.69, 9.17) is 6.42 Å². The molecule has 1 heterocycles. The normalized spacial score (nSPS) is 9.31. The van der Waals surface area contributed by atoms with Crippen LogP contribution in [-0.2, 0) is 0 Å². The largest absolute Gasteiger partial charge is 0.330 e. The molecule has 0 aliphatic rings. The second kappa shape index (κ2) is 5.02. The molecule has 0 atom stereocenters. The number of aromatic nitrogens is 2. The van der Waals surface area contributed by atoms with Crippen LogP contribution < -0.4 is 4.90 Å². The van der Waals surface area contributed by atoms with Crippen molar-refractivity contribution in [1.29, 1.82) is 0 Å². The minimum Gasteiger partial charge on any atom is -0.330 e. The Hall–Kier alpha value is -0.830. The summed E-state index contributed by atoms with van der Waals surface area (Å²) in [6.07, 6.45) is 8.78. The zero-order chi connectivity index (χ0) is 9.68. The molecule has 0 saturated heterocycles.